The summed E-state index contributed by atoms with van der Waals surface area (Å²) in [5.41, 5.74) is 1.59. The molecule has 0 aliphatic carbocycles. The van der Waals surface area contributed by atoms with E-state index in [0.717, 1.165) is 11.6 Å². The first kappa shape index (κ1) is 20.2. The Bertz CT molecular complexity index is 805. The normalized spacial score (nSPS) is 11.8. The minimum Gasteiger partial charge on any atom is -0.494 e. The van der Waals surface area contributed by atoms with Gasteiger partial charge in [-0.15, -0.1) is 0 Å². The van der Waals surface area contributed by atoms with Gasteiger partial charge in [-0.25, -0.2) is 9.18 Å². The molecule has 0 bridgehead atoms. The van der Waals surface area contributed by atoms with Crippen molar-refractivity contribution >= 4 is 18.0 Å². The van der Waals surface area contributed by atoms with Gasteiger partial charge in [0.15, 0.2) is 17.7 Å². The largest absolute Gasteiger partial charge is 0.494 e. The van der Waals surface area contributed by atoms with Crippen molar-refractivity contribution in [3.8, 4) is 5.75 Å². The van der Waals surface area contributed by atoms with Crippen molar-refractivity contribution in [3.63, 3.8) is 0 Å². The van der Waals surface area contributed by atoms with Crippen LogP contribution in [0, 0.1) is 5.82 Å². The zero-order chi connectivity index (χ0) is 19.6. The third-order valence-electron chi connectivity index (χ3n) is 3.81. The number of carbonyl (C=O) groups excluding carboxylic acids is 2. The zero-order valence-electron chi connectivity index (χ0n) is 15.3. The first-order chi connectivity index (χ1) is 13.0. The Hall–Kier alpha value is -3.15. The monoisotopic (exact) mass is 371 g/mol. The first-order valence-electron chi connectivity index (χ1n) is 8.53. The van der Waals surface area contributed by atoms with Gasteiger partial charge in [-0.1, -0.05) is 36.4 Å². The summed E-state index contributed by atoms with van der Waals surface area (Å²) >= 11 is 0. The lowest BCUT2D eigenvalue weighted by atomic mass is 10.1. The number of benzene rings is 2. The smallest absolute Gasteiger partial charge is 0.331 e. The van der Waals surface area contributed by atoms with Crippen molar-refractivity contribution < 1.29 is 23.5 Å². The fourth-order valence-electron chi connectivity index (χ4n) is 2.34. The van der Waals surface area contributed by atoms with E-state index < -0.39 is 17.9 Å². The third kappa shape index (κ3) is 6.58. The molecule has 0 saturated carbocycles. The maximum Gasteiger partial charge on any atom is 0.331 e. The number of hydrogen-bond acceptors (Lipinski definition) is 4. The molecule has 0 aromatic heterocycles. The van der Waals surface area contributed by atoms with Gasteiger partial charge >= 0.3 is 5.97 Å². The van der Waals surface area contributed by atoms with Crippen molar-refractivity contribution in [2.75, 3.05) is 13.7 Å². The number of ether oxygens (including phenoxy) is 2. The molecule has 0 aliphatic heterocycles. The summed E-state index contributed by atoms with van der Waals surface area (Å²) in [5.74, 6) is -1.46. The minimum absolute atomic E-state index is 0.121. The number of halogens is 1. The first-order valence-corrected chi connectivity index (χ1v) is 8.53. The molecule has 0 unspecified atom stereocenters. The second kappa shape index (κ2) is 10.1. The zero-order valence-corrected chi connectivity index (χ0v) is 15.3. The molecule has 0 spiro atoms. The lowest BCUT2D eigenvalue weighted by Crippen LogP contribution is -2.36. The highest BCUT2D eigenvalue weighted by Gasteiger charge is 2.15. The van der Waals surface area contributed by atoms with E-state index in [1.54, 1.807) is 6.07 Å². The van der Waals surface area contributed by atoms with Crippen molar-refractivity contribution in [1.82, 2.24) is 5.32 Å². The quantitative estimate of drug-likeness (QED) is 0.572. The Kier molecular flexibility index (Phi) is 7.55. The number of rotatable bonds is 8. The molecular weight excluding hydrogens is 349 g/mol. The average molecular weight is 371 g/mol. The summed E-state index contributed by atoms with van der Waals surface area (Å²) in [6, 6.07) is 14.0. The van der Waals surface area contributed by atoms with Gasteiger partial charge in [0, 0.05) is 12.6 Å². The molecule has 6 heteroatoms. The molecule has 0 radical (unpaired) electrons. The van der Waals surface area contributed by atoms with Gasteiger partial charge in [0.1, 0.15) is 0 Å². The van der Waals surface area contributed by atoms with Gasteiger partial charge in [-0.05, 0) is 42.7 Å². The average Bonchev–Trinajstić information content (AvgIpc) is 2.67. The molecule has 27 heavy (non-hydrogen) atoms. The number of nitrogens with one attached hydrogen (secondary N) is 1. The minimum atomic E-state index is -0.925. The van der Waals surface area contributed by atoms with Crippen molar-refractivity contribution in [2.24, 2.45) is 0 Å². The Morgan fingerprint density at radius 1 is 1.19 bits per heavy atom. The van der Waals surface area contributed by atoms with Gasteiger partial charge in [0.05, 0.1) is 7.11 Å². The summed E-state index contributed by atoms with van der Waals surface area (Å²) in [7, 11) is 1.37. The van der Waals surface area contributed by atoms with Crippen molar-refractivity contribution in [1.29, 1.82) is 0 Å². The van der Waals surface area contributed by atoms with Crippen LogP contribution in [0.3, 0.4) is 0 Å². The summed E-state index contributed by atoms with van der Waals surface area (Å²) in [4.78, 5) is 23.8. The lowest BCUT2D eigenvalue weighted by molar-refractivity contribution is -0.150. The van der Waals surface area contributed by atoms with Crippen LogP contribution in [-0.2, 0) is 20.7 Å². The van der Waals surface area contributed by atoms with Crippen LogP contribution in [0.25, 0.3) is 6.08 Å². The van der Waals surface area contributed by atoms with Crippen LogP contribution in [0.4, 0.5) is 4.39 Å². The molecule has 1 atom stereocenters. The predicted octanol–water partition coefficient (Wildman–Crippen LogP) is 3.14. The summed E-state index contributed by atoms with van der Waals surface area (Å²) < 4.78 is 23.5. The van der Waals surface area contributed by atoms with E-state index in [1.807, 2.05) is 30.3 Å². The summed E-state index contributed by atoms with van der Waals surface area (Å²) in [5, 5.41) is 2.73. The molecule has 1 amide bonds. The molecule has 5 nitrogen and oxygen atoms in total. The molecular formula is C21H22FNO4. The number of methoxy groups -OCH3 is 1. The highest BCUT2D eigenvalue weighted by molar-refractivity contribution is 5.90. The van der Waals surface area contributed by atoms with E-state index >= 15 is 0 Å². The van der Waals surface area contributed by atoms with Gasteiger partial charge in [-0.2, -0.15) is 0 Å². The van der Waals surface area contributed by atoms with Crippen molar-refractivity contribution in [3.05, 3.63) is 71.6 Å². The maximum absolute atomic E-state index is 13.6. The van der Waals surface area contributed by atoms with Crippen LogP contribution < -0.4 is 10.1 Å². The lowest BCUT2D eigenvalue weighted by Gasteiger charge is -2.12. The number of esters is 1. The van der Waals surface area contributed by atoms with Gasteiger partial charge in [-0.3, -0.25) is 4.79 Å². The van der Waals surface area contributed by atoms with Gasteiger partial charge < -0.3 is 14.8 Å². The van der Waals surface area contributed by atoms with Gasteiger partial charge in [0.2, 0.25) is 0 Å². The second-order valence-electron chi connectivity index (χ2n) is 5.83. The van der Waals surface area contributed by atoms with Crippen LogP contribution in [-0.4, -0.2) is 31.6 Å². The Morgan fingerprint density at radius 2 is 1.93 bits per heavy atom. The maximum atomic E-state index is 13.6. The Morgan fingerprint density at radius 3 is 2.59 bits per heavy atom. The van der Waals surface area contributed by atoms with E-state index in [0.29, 0.717) is 18.5 Å². The number of carbonyl (C=O) groups is 2. The molecule has 0 heterocycles. The fraction of sp³-hybridized carbons (Fsp3) is 0.238. The van der Waals surface area contributed by atoms with Crippen LogP contribution in [0.1, 0.15) is 18.1 Å². The van der Waals surface area contributed by atoms with E-state index in [9.17, 15) is 14.0 Å². The fourth-order valence-corrected chi connectivity index (χ4v) is 2.34. The van der Waals surface area contributed by atoms with E-state index in [1.165, 1.54) is 32.2 Å². The molecule has 1 N–H and O–H groups in total. The molecule has 0 aliphatic rings. The summed E-state index contributed by atoms with van der Waals surface area (Å²) in [6.45, 7) is 1.95. The van der Waals surface area contributed by atoms with Crippen molar-refractivity contribution in [2.45, 2.75) is 19.4 Å². The molecule has 2 rings (SSSR count). The Balaban J connectivity index is 1.78. The molecule has 0 saturated heterocycles. The van der Waals surface area contributed by atoms with Crippen LogP contribution in [0.5, 0.6) is 5.75 Å². The SMILES string of the molecule is COc1ccc(/C=C/C(=O)O[C@@H](C)C(=O)NCCc2ccccc2)cc1F. The molecule has 142 valence electrons. The van der Waals surface area contributed by atoms with Crippen LogP contribution in [0.2, 0.25) is 0 Å². The Labute approximate surface area is 157 Å². The summed E-state index contributed by atoms with van der Waals surface area (Å²) in [6.07, 6.45) is 2.32. The highest BCUT2D eigenvalue weighted by atomic mass is 19.1. The third-order valence-corrected chi connectivity index (χ3v) is 3.81. The van der Waals surface area contributed by atoms with Gasteiger partial charge in [0.25, 0.3) is 5.91 Å². The van der Waals surface area contributed by atoms with Crippen LogP contribution >= 0.6 is 0 Å². The molecule has 2 aromatic carbocycles. The second-order valence-corrected chi connectivity index (χ2v) is 5.83. The number of hydrogen-bond donors (Lipinski definition) is 1. The molecule has 2 aromatic rings. The molecule has 0 fully saturated rings. The van der Waals surface area contributed by atoms with Crippen LogP contribution in [0.15, 0.2) is 54.6 Å². The topological polar surface area (TPSA) is 64.6 Å². The highest BCUT2D eigenvalue weighted by Crippen LogP contribution is 2.18. The predicted molar refractivity (Wildman–Crippen MR) is 101 cm³/mol. The standard InChI is InChI=1S/C21H22FNO4/c1-15(21(25)23-13-12-16-6-4-3-5-7-16)27-20(24)11-9-17-8-10-19(26-2)18(22)14-17/h3-11,14-15H,12-13H2,1-2H3,(H,23,25)/b11-9+/t15-/m0/s1. The van der Waals surface area contributed by atoms with E-state index in [2.05, 4.69) is 5.32 Å². The number of amides is 1. The van der Waals surface area contributed by atoms with E-state index in [-0.39, 0.29) is 11.7 Å². The van der Waals surface area contributed by atoms with E-state index in [4.69, 9.17) is 9.47 Å².